The lowest BCUT2D eigenvalue weighted by Crippen LogP contribution is -2.39. The Balaban J connectivity index is 2.70. The summed E-state index contributed by atoms with van der Waals surface area (Å²) >= 11 is 0. The molecule has 1 atom stereocenters. The lowest BCUT2D eigenvalue weighted by molar-refractivity contribution is 0.0677. The smallest absolute Gasteiger partial charge is 0.258 e. The minimum absolute atomic E-state index is 0.0254. The number of rotatable bonds is 4. The van der Waals surface area contributed by atoms with Gasteiger partial charge in [-0.15, -0.1) is 0 Å². The van der Waals surface area contributed by atoms with E-state index in [1.165, 1.54) is 12.3 Å². The van der Waals surface area contributed by atoms with E-state index in [4.69, 9.17) is 0 Å². The maximum Gasteiger partial charge on any atom is 0.258 e. The summed E-state index contributed by atoms with van der Waals surface area (Å²) < 4.78 is 25.9. The highest BCUT2D eigenvalue weighted by atomic mass is 32.2. The summed E-state index contributed by atoms with van der Waals surface area (Å²) in [6.07, 6.45) is 0.662. The number of aliphatic hydroxyl groups is 1. The third-order valence-corrected chi connectivity index (χ3v) is 3.72. The monoisotopic (exact) mass is 258 g/mol. The average molecular weight is 258 g/mol. The molecule has 0 aliphatic carbocycles. The maximum atomic E-state index is 11.8. The lowest BCUT2D eigenvalue weighted by atomic mass is 9.89. The standard InChI is InChI=1S/C11H18N2O3S/c1-11(2,3)9(14)8-13-17(15,16)10-6-4-5-7-12-10/h4-7,9,13-14H,8H2,1-3H3. The second-order valence-electron chi connectivity index (χ2n) is 4.90. The number of aromatic nitrogens is 1. The minimum Gasteiger partial charge on any atom is -0.391 e. The van der Waals surface area contributed by atoms with Crippen LogP contribution in [0.3, 0.4) is 0 Å². The van der Waals surface area contributed by atoms with Gasteiger partial charge in [0.2, 0.25) is 0 Å². The topological polar surface area (TPSA) is 79.3 Å². The fourth-order valence-corrected chi connectivity index (χ4v) is 2.06. The fraction of sp³-hybridized carbons (Fsp3) is 0.545. The Morgan fingerprint density at radius 1 is 1.41 bits per heavy atom. The van der Waals surface area contributed by atoms with Gasteiger partial charge in [0.15, 0.2) is 5.03 Å². The molecule has 0 bridgehead atoms. The largest absolute Gasteiger partial charge is 0.391 e. The predicted octanol–water partition coefficient (Wildman–Crippen LogP) is 0.767. The number of nitrogens with zero attached hydrogens (tertiary/aromatic N) is 1. The molecule has 2 N–H and O–H groups in total. The molecule has 0 aromatic carbocycles. The Labute approximate surface area is 102 Å². The molecule has 0 radical (unpaired) electrons. The van der Waals surface area contributed by atoms with E-state index < -0.39 is 16.1 Å². The van der Waals surface area contributed by atoms with Crippen molar-refractivity contribution in [2.24, 2.45) is 5.41 Å². The van der Waals surface area contributed by atoms with E-state index in [2.05, 4.69) is 9.71 Å². The van der Waals surface area contributed by atoms with Gasteiger partial charge in [0.1, 0.15) is 0 Å². The van der Waals surface area contributed by atoms with Crippen LogP contribution in [0.5, 0.6) is 0 Å². The van der Waals surface area contributed by atoms with Crippen LogP contribution in [0.2, 0.25) is 0 Å². The highest BCUT2D eigenvalue weighted by molar-refractivity contribution is 7.89. The zero-order valence-electron chi connectivity index (χ0n) is 10.2. The van der Waals surface area contributed by atoms with E-state index in [0.717, 1.165) is 0 Å². The molecule has 0 spiro atoms. The second kappa shape index (κ2) is 5.12. The van der Waals surface area contributed by atoms with Gasteiger partial charge in [-0.1, -0.05) is 26.8 Å². The fourth-order valence-electron chi connectivity index (χ4n) is 1.07. The molecule has 0 aliphatic rings. The molecule has 0 saturated carbocycles. The molecule has 96 valence electrons. The Hall–Kier alpha value is -0.980. The molecular formula is C11H18N2O3S. The summed E-state index contributed by atoms with van der Waals surface area (Å²) in [6.45, 7) is 5.49. The first kappa shape index (κ1) is 14.1. The van der Waals surface area contributed by atoms with E-state index in [1.807, 2.05) is 20.8 Å². The van der Waals surface area contributed by atoms with E-state index in [1.54, 1.807) is 12.1 Å². The first-order chi connectivity index (χ1) is 7.73. The SMILES string of the molecule is CC(C)(C)C(O)CNS(=O)(=O)c1ccccn1. The van der Waals surface area contributed by atoms with Gasteiger partial charge in [0, 0.05) is 12.7 Å². The van der Waals surface area contributed by atoms with Gasteiger partial charge < -0.3 is 5.11 Å². The Morgan fingerprint density at radius 3 is 2.53 bits per heavy atom. The normalized spacial score (nSPS) is 14.6. The van der Waals surface area contributed by atoms with Crippen molar-refractivity contribution in [3.63, 3.8) is 0 Å². The molecule has 1 aromatic heterocycles. The Morgan fingerprint density at radius 2 is 2.06 bits per heavy atom. The molecule has 1 heterocycles. The second-order valence-corrected chi connectivity index (χ2v) is 6.62. The summed E-state index contributed by atoms with van der Waals surface area (Å²) in [4.78, 5) is 3.76. The van der Waals surface area contributed by atoms with E-state index >= 15 is 0 Å². The molecule has 6 heteroatoms. The summed E-state index contributed by atoms with van der Waals surface area (Å²) in [6, 6.07) is 4.65. The number of hydrogen-bond donors (Lipinski definition) is 2. The molecule has 1 rings (SSSR count). The molecule has 0 saturated heterocycles. The van der Waals surface area contributed by atoms with Gasteiger partial charge in [-0.3, -0.25) is 0 Å². The van der Waals surface area contributed by atoms with Crippen molar-refractivity contribution in [2.75, 3.05) is 6.54 Å². The first-order valence-corrected chi connectivity index (χ1v) is 6.80. The van der Waals surface area contributed by atoms with Crippen LogP contribution < -0.4 is 4.72 Å². The van der Waals surface area contributed by atoms with Crippen molar-refractivity contribution in [1.29, 1.82) is 0 Å². The van der Waals surface area contributed by atoms with Crippen LogP contribution in [0.25, 0.3) is 0 Å². The van der Waals surface area contributed by atoms with Crippen molar-refractivity contribution in [3.8, 4) is 0 Å². The molecule has 17 heavy (non-hydrogen) atoms. The van der Waals surface area contributed by atoms with Gasteiger partial charge in [0.05, 0.1) is 6.10 Å². The van der Waals surface area contributed by atoms with Crippen LogP contribution in [0.15, 0.2) is 29.4 Å². The number of sulfonamides is 1. The van der Waals surface area contributed by atoms with E-state index in [-0.39, 0.29) is 17.0 Å². The van der Waals surface area contributed by atoms with Crippen LogP contribution in [-0.4, -0.2) is 31.2 Å². The van der Waals surface area contributed by atoms with Crippen molar-refractivity contribution in [2.45, 2.75) is 31.9 Å². The molecule has 1 unspecified atom stereocenters. The highest BCUT2D eigenvalue weighted by Crippen LogP contribution is 2.18. The Kier molecular flexibility index (Phi) is 4.24. The summed E-state index contributed by atoms with van der Waals surface area (Å²) in [7, 11) is -3.64. The molecule has 0 aliphatic heterocycles. The third kappa shape index (κ3) is 4.07. The average Bonchev–Trinajstić information content (AvgIpc) is 2.26. The van der Waals surface area contributed by atoms with Crippen LogP contribution >= 0.6 is 0 Å². The van der Waals surface area contributed by atoms with Crippen LogP contribution in [0, 0.1) is 5.41 Å². The number of hydrogen-bond acceptors (Lipinski definition) is 4. The minimum atomic E-state index is -3.64. The van der Waals surface area contributed by atoms with E-state index in [0.29, 0.717) is 0 Å². The van der Waals surface area contributed by atoms with Crippen molar-refractivity contribution < 1.29 is 13.5 Å². The Bertz CT molecular complexity index is 451. The highest BCUT2D eigenvalue weighted by Gasteiger charge is 2.24. The predicted molar refractivity (Wildman–Crippen MR) is 64.9 cm³/mol. The van der Waals surface area contributed by atoms with Gasteiger partial charge >= 0.3 is 0 Å². The van der Waals surface area contributed by atoms with Crippen LogP contribution in [-0.2, 0) is 10.0 Å². The maximum absolute atomic E-state index is 11.8. The molecule has 0 amide bonds. The molecule has 0 fully saturated rings. The van der Waals surface area contributed by atoms with E-state index in [9.17, 15) is 13.5 Å². The first-order valence-electron chi connectivity index (χ1n) is 5.32. The quantitative estimate of drug-likeness (QED) is 0.836. The molecule has 5 nitrogen and oxygen atoms in total. The molecule has 1 aromatic rings. The van der Waals surface area contributed by atoms with Crippen LogP contribution in [0.1, 0.15) is 20.8 Å². The summed E-state index contributed by atoms with van der Waals surface area (Å²) in [5.74, 6) is 0. The zero-order chi connectivity index (χ0) is 13.1. The van der Waals surface area contributed by atoms with Gasteiger partial charge in [-0.2, -0.15) is 0 Å². The van der Waals surface area contributed by atoms with Crippen LogP contribution in [0.4, 0.5) is 0 Å². The zero-order valence-corrected chi connectivity index (χ0v) is 11.0. The van der Waals surface area contributed by atoms with Gasteiger partial charge in [0.25, 0.3) is 10.0 Å². The lowest BCUT2D eigenvalue weighted by Gasteiger charge is -2.25. The van der Waals surface area contributed by atoms with Crippen molar-refractivity contribution >= 4 is 10.0 Å². The van der Waals surface area contributed by atoms with Gasteiger partial charge in [-0.25, -0.2) is 18.1 Å². The van der Waals surface area contributed by atoms with Crippen molar-refractivity contribution in [1.82, 2.24) is 9.71 Å². The number of aliphatic hydroxyl groups excluding tert-OH is 1. The molecular weight excluding hydrogens is 240 g/mol. The summed E-state index contributed by atoms with van der Waals surface area (Å²) in [5.41, 5.74) is -0.368. The van der Waals surface area contributed by atoms with Crippen molar-refractivity contribution in [3.05, 3.63) is 24.4 Å². The van der Waals surface area contributed by atoms with Gasteiger partial charge in [-0.05, 0) is 17.5 Å². The third-order valence-electron chi connectivity index (χ3n) is 2.38. The number of nitrogens with one attached hydrogen (secondary N) is 1. The number of pyridine rings is 1. The summed E-state index contributed by atoms with van der Waals surface area (Å²) in [5, 5.41) is 9.71.